The maximum atomic E-state index is 12.6. The Labute approximate surface area is 155 Å². The Morgan fingerprint density at radius 3 is 2.84 bits per heavy atom. The molecular weight excluding hydrogens is 334 g/mol. The first-order valence-corrected chi connectivity index (χ1v) is 10.3. The van der Waals surface area contributed by atoms with Crippen molar-refractivity contribution < 1.29 is 9.53 Å². The van der Waals surface area contributed by atoms with Crippen LogP contribution < -0.4 is 5.32 Å². The van der Waals surface area contributed by atoms with E-state index in [9.17, 15) is 4.79 Å². The summed E-state index contributed by atoms with van der Waals surface area (Å²) < 4.78 is 5.43. The summed E-state index contributed by atoms with van der Waals surface area (Å²) in [7, 11) is 0. The second-order valence-corrected chi connectivity index (χ2v) is 8.63. The lowest BCUT2D eigenvalue weighted by atomic mass is 9.98. The third kappa shape index (κ3) is 4.42. The highest BCUT2D eigenvalue weighted by molar-refractivity contribution is 7.10. The van der Waals surface area contributed by atoms with Gasteiger partial charge in [-0.15, -0.1) is 11.3 Å². The molecule has 1 saturated heterocycles. The zero-order valence-electron chi connectivity index (χ0n) is 15.7. The van der Waals surface area contributed by atoms with Crippen molar-refractivity contribution in [2.45, 2.75) is 45.2 Å². The van der Waals surface area contributed by atoms with Crippen molar-refractivity contribution >= 4 is 17.2 Å². The van der Waals surface area contributed by atoms with E-state index in [-0.39, 0.29) is 11.4 Å². The quantitative estimate of drug-likeness (QED) is 0.840. The summed E-state index contributed by atoms with van der Waals surface area (Å²) in [5, 5.41) is 5.35. The number of fused-ring (bicyclic) bond motifs is 1. The monoisotopic (exact) mass is 365 g/mol. The summed E-state index contributed by atoms with van der Waals surface area (Å²) in [4.78, 5) is 18.8. The molecule has 25 heavy (non-hydrogen) atoms. The molecule has 3 rings (SSSR count). The number of ether oxygens (including phenoxy) is 1. The average molecular weight is 366 g/mol. The molecule has 0 aliphatic carbocycles. The van der Waals surface area contributed by atoms with Gasteiger partial charge in [0.25, 0.3) is 0 Å². The molecule has 0 saturated carbocycles. The summed E-state index contributed by atoms with van der Waals surface area (Å²) in [5.74, 6) is 0.137. The number of hydrogen-bond donors (Lipinski definition) is 1. The maximum absolute atomic E-state index is 12.6. The molecule has 6 heteroatoms. The fourth-order valence-electron chi connectivity index (χ4n) is 3.95. The van der Waals surface area contributed by atoms with E-state index in [1.54, 1.807) is 0 Å². The first-order valence-electron chi connectivity index (χ1n) is 9.41. The lowest BCUT2D eigenvalue weighted by Gasteiger charge is -2.41. The van der Waals surface area contributed by atoms with Gasteiger partial charge in [-0.05, 0) is 43.7 Å². The van der Waals surface area contributed by atoms with Crippen LogP contribution in [0.5, 0.6) is 0 Å². The van der Waals surface area contributed by atoms with E-state index in [1.807, 2.05) is 11.3 Å². The number of amides is 1. The zero-order valence-corrected chi connectivity index (χ0v) is 16.5. The van der Waals surface area contributed by atoms with Gasteiger partial charge >= 0.3 is 0 Å². The minimum Gasteiger partial charge on any atom is -0.379 e. The molecule has 3 heterocycles. The SMILES string of the molecule is CCC1c2ccsc2CCN1CC(=O)NCC(C)(C)N1CCOCC1. The van der Waals surface area contributed by atoms with Crippen molar-refractivity contribution in [1.29, 1.82) is 0 Å². The number of carbonyl (C=O) groups excluding carboxylic acids is 1. The van der Waals surface area contributed by atoms with Crippen LogP contribution in [0.4, 0.5) is 0 Å². The van der Waals surface area contributed by atoms with E-state index in [0.29, 0.717) is 19.1 Å². The van der Waals surface area contributed by atoms with Crippen molar-refractivity contribution in [3.63, 3.8) is 0 Å². The lowest BCUT2D eigenvalue weighted by Crippen LogP contribution is -2.56. The topological polar surface area (TPSA) is 44.8 Å². The van der Waals surface area contributed by atoms with Gasteiger partial charge in [0.1, 0.15) is 0 Å². The van der Waals surface area contributed by atoms with Crippen LogP contribution in [0.3, 0.4) is 0 Å². The fraction of sp³-hybridized carbons (Fsp3) is 0.737. The van der Waals surface area contributed by atoms with Crippen molar-refractivity contribution in [3.8, 4) is 0 Å². The van der Waals surface area contributed by atoms with Gasteiger partial charge in [-0.2, -0.15) is 0 Å². The van der Waals surface area contributed by atoms with Crippen molar-refractivity contribution in [3.05, 3.63) is 21.9 Å². The van der Waals surface area contributed by atoms with Crippen molar-refractivity contribution in [2.75, 3.05) is 45.9 Å². The van der Waals surface area contributed by atoms with Gasteiger partial charge in [-0.25, -0.2) is 0 Å². The van der Waals surface area contributed by atoms with Gasteiger partial charge in [0.15, 0.2) is 0 Å². The number of rotatable bonds is 6. The molecule has 0 aromatic carbocycles. The molecule has 1 fully saturated rings. The smallest absolute Gasteiger partial charge is 0.234 e. The first kappa shape index (κ1) is 18.8. The minimum absolute atomic E-state index is 0.0357. The van der Waals surface area contributed by atoms with Crippen LogP contribution in [0, 0.1) is 0 Å². The van der Waals surface area contributed by atoms with Crippen molar-refractivity contribution in [2.24, 2.45) is 0 Å². The van der Waals surface area contributed by atoms with Gasteiger partial charge in [-0.3, -0.25) is 14.6 Å². The Bertz CT molecular complexity index is 581. The molecule has 1 unspecified atom stereocenters. The van der Waals surface area contributed by atoms with E-state index in [0.717, 1.165) is 45.7 Å². The molecule has 1 amide bonds. The van der Waals surface area contributed by atoms with E-state index < -0.39 is 0 Å². The molecule has 0 bridgehead atoms. The number of hydrogen-bond acceptors (Lipinski definition) is 5. The predicted octanol–water partition coefficient (Wildman–Crippen LogP) is 2.28. The Morgan fingerprint density at radius 2 is 2.12 bits per heavy atom. The molecule has 1 N–H and O–H groups in total. The Balaban J connectivity index is 1.52. The molecule has 2 aliphatic heterocycles. The number of thiophene rings is 1. The Morgan fingerprint density at radius 1 is 1.36 bits per heavy atom. The van der Waals surface area contributed by atoms with Crippen LogP contribution in [0.15, 0.2) is 11.4 Å². The largest absolute Gasteiger partial charge is 0.379 e. The number of carbonyl (C=O) groups is 1. The third-order valence-electron chi connectivity index (χ3n) is 5.52. The highest BCUT2D eigenvalue weighted by Crippen LogP contribution is 2.34. The van der Waals surface area contributed by atoms with Gasteiger partial charge in [0.2, 0.25) is 5.91 Å². The van der Waals surface area contributed by atoms with E-state index in [4.69, 9.17) is 4.74 Å². The van der Waals surface area contributed by atoms with Crippen molar-refractivity contribution in [1.82, 2.24) is 15.1 Å². The molecule has 140 valence electrons. The molecule has 2 aliphatic rings. The second kappa shape index (κ2) is 8.16. The van der Waals surface area contributed by atoms with Crippen LogP contribution >= 0.6 is 11.3 Å². The Hall–Kier alpha value is -0.950. The van der Waals surface area contributed by atoms with Gasteiger partial charge in [0, 0.05) is 42.6 Å². The van der Waals surface area contributed by atoms with E-state index in [2.05, 4.69) is 47.3 Å². The standard InChI is InChI=1S/C19H31N3O2S/c1-4-16-15-6-12-25-17(15)5-7-21(16)13-18(23)20-14-19(2,3)22-8-10-24-11-9-22/h6,12,16H,4-5,7-11,13-14H2,1-3H3,(H,20,23). The van der Waals surface area contributed by atoms with Crippen LogP contribution in [-0.2, 0) is 16.0 Å². The molecule has 1 atom stereocenters. The maximum Gasteiger partial charge on any atom is 0.234 e. The van der Waals surface area contributed by atoms with Crippen LogP contribution in [0.2, 0.25) is 0 Å². The van der Waals surface area contributed by atoms with Gasteiger partial charge in [0.05, 0.1) is 19.8 Å². The molecule has 5 nitrogen and oxygen atoms in total. The molecular formula is C19H31N3O2S. The average Bonchev–Trinajstić information content (AvgIpc) is 3.09. The summed E-state index contributed by atoms with van der Waals surface area (Å²) in [6.45, 7) is 12.2. The predicted molar refractivity (Wildman–Crippen MR) is 102 cm³/mol. The van der Waals surface area contributed by atoms with Crippen LogP contribution in [0.25, 0.3) is 0 Å². The summed E-state index contributed by atoms with van der Waals surface area (Å²) in [6.07, 6.45) is 2.12. The zero-order chi connectivity index (χ0) is 17.9. The fourth-order valence-corrected chi connectivity index (χ4v) is 4.88. The van der Waals surface area contributed by atoms with Crippen LogP contribution in [0.1, 0.15) is 43.7 Å². The molecule has 1 aromatic heterocycles. The summed E-state index contributed by atoms with van der Waals surface area (Å²) in [5.41, 5.74) is 1.40. The molecule has 0 radical (unpaired) electrons. The third-order valence-corrected chi connectivity index (χ3v) is 6.52. The molecule has 1 aromatic rings. The van der Waals surface area contributed by atoms with E-state index in [1.165, 1.54) is 10.4 Å². The lowest BCUT2D eigenvalue weighted by molar-refractivity contribution is -0.123. The van der Waals surface area contributed by atoms with Gasteiger partial charge < -0.3 is 10.1 Å². The number of morpholine rings is 1. The first-order chi connectivity index (χ1) is 12.0. The number of nitrogens with one attached hydrogen (secondary N) is 1. The minimum atomic E-state index is -0.0357. The van der Waals surface area contributed by atoms with E-state index >= 15 is 0 Å². The summed E-state index contributed by atoms with van der Waals surface area (Å²) in [6, 6.07) is 2.62. The summed E-state index contributed by atoms with van der Waals surface area (Å²) >= 11 is 1.85. The second-order valence-electron chi connectivity index (χ2n) is 7.63. The normalized spacial score (nSPS) is 22.6. The van der Waals surface area contributed by atoms with Gasteiger partial charge in [-0.1, -0.05) is 6.92 Å². The van der Waals surface area contributed by atoms with Crippen LogP contribution in [-0.4, -0.2) is 67.2 Å². The Kier molecular flexibility index (Phi) is 6.15. The highest BCUT2D eigenvalue weighted by Gasteiger charge is 2.31. The number of nitrogens with zero attached hydrogens (tertiary/aromatic N) is 2. The molecule has 0 spiro atoms. The highest BCUT2D eigenvalue weighted by atomic mass is 32.1.